The summed E-state index contributed by atoms with van der Waals surface area (Å²) in [5, 5.41) is 9.86. The van der Waals surface area contributed by atoms with E-state index in [0.717, 1.165) is 5.56 Å². The smallest absolute Gasteiger partial charge is 0.259 e. The first-order valence-electron chi connectivity index (χ1n) is 12.9. The fourth-order valence-corrected chi connectivity index (χ4v) is 4.37. The molecule has 3 aromatic rings. The molecule has 0 radical (unpaired) electrons. The van der Waals surface area contributed by atoms with E-state index in [1.165, 1.54) is 12.3 Å². The van der Waals surface area contributed by atoms with E-state index < -0.39 is 18.0 Å². The van der Waals surface area contributed by atoms with Gasteiger partial charge in [-0.3, -0.25) is 9.59 Å². The molecule has 4 rings (SSSR count). The minimum absolute atomic E-state index is 0.0531. The summed E-state index contributed by atoms with van der Waals surface area (Å²) in [6.45, 7) is 4.11. The summed E-state index contributed by atoms with van der Waals surface area (Å²) >= 11 is 0. The van der Waals surface area contributed by atoms with Crippen LogP contribution in [0.1, 0.15) is 40.9 Å². The highest BCUT2D eigenvalue weighted by Gasteiger charge is 2.34. The Labute approximate surface area is 228 Å². The van der Waals surface area contributed by atoms with Gasteiger partial charge in [0.05, 0.1) is 31.2 Å². The topological polar surface area (TPSA) is 83.0 Å². The van der Waals surface area contributed by atoms with Crippen LogP contribution in [-0.4, -0.2) is 70.6 Å². The summed E-state index contributed by atoms with van der Waals surface area (Å²) in [4.78, 5) is 34.1. The van der Waals surface area contributed by atoms with Crippen molar-refractivity contribution in [1.29, 1.82) is 0 Å². The highest BCUT2D eigenvalue weighted by atomic mass is 19.1. The molecule has 1 aliphatic rings. The van der Waals surface area contributed by atoms with Gasteiger partial charge in [0, 0.05) is 31.3 Å². The zero-order valence-corrected chi connectivity index (χ0v) is 22.3. The molecule has 0 aliphatic carbocycles. The number of hydrogen-bond donors (Lipinski definition) is 1. The molecule has 1 N–H and O–H groups in total. The van der Waals surface area contributed by atoms with Gasteiger partial charge in [-0.25, -0.2) is 9.37 Å². The maximum Gasteiger partial charge on any atom is 0.259 e. The lowest BCUT2D eigenvalue weighted by molar-refractivity contribution is -0.130. The quantitative estimate of drug-likeness (QED) is 0.494. The molecule has 3 atom stereocenters. The standard InChI is InChI=1S/C31H32FN3O4/c1-21-18-35(22(2)20-36)31(38)26-15-24(13-14-25-11-7-8-12-27(25)32)17-33-30(26)39-28(21)19-34(3)29(37)16-23-9-5-4-6-10-23/h4-12,15,17,21-22,28,36H,16,18-20H2,1-3H3/t21-,22-,28-/m0/s1. The van der Waals surface area contributed by atoms with Crippen molar-refractivity contribution in [3.8, 4) is 17.7 Å². The Hall–Kier alpha value is -4.22. The Balaban J connectivity index is 1.62. The van der Waals surface area contributed by atoms with Crippen LogP contribution in [0.5, 0.6) is 5.88 Å². The van der Waals surface area contributed by atoms with Gasteiger partial charge in [-0.15, -0.1) is 0 Å². The normalized spacial score (nSPS) is 17.6. The van der Waals surface area contributed by atoms with Gasteiger partial charge >= 0.3 is 0 Å². The van der Waals surface area contributed by atoms with Crippen molar-refractivity contribution in [1.82, 2.24) is 14.8 Å². The van der Waals surface area contributed by atoms with E-state index in [4.69, 9.17) is 4.74 Å². The number of rotatable bonds is 6. The van der Waals surface area contributed by atoms with Gasteiger partial charge in [-0.2, -0.15) is 0 Å². The number of aromatic nitrogens is 1. The number of halogens is 1. The van der Waals surface area contributed by atoms with E-state index in [2.05, 4.69) is 16.8 Å². The molecule has 0 unspecified atom stereocenters. The molecule has 0 saturated carbocycles. The third kappa shape index (κ3) is 6.81. The molecular formula is C31H32FN3O4. The van der Waals surface area contributed by atoms with Crippen molar-refractivity contribution in [2.45, 2.75) is 32.4 Å². The maximum atomic E-state index is 14.0. The van der Waals surface area contributed by atoms with E-state index in [9.17, 15) is 19.1 Å². The van der Waals surface area contributed by atoms with Gasteiger partial charge in [0.25, 0.3) is 5.91 Å². The van der Waals surface area contributed by atoms with Crippen molar-refractivity contribution in [3.05, 3.63) is 94.9 Å². The number of carbonyl (C=O) groups excluding carboxylic acids is 2. The lowest BCUT2D eigenvalue weighted by atomic mass is 9.99. The number of aliphatic hydroxyl groups excluding tert-OH is 1. The SMILES string of the molecule is C[C@H]1CN([C@@H](C)CO)C(=O)c2cc(C#Cc3ccccc3F)cnc2O[C@H]1CN(C)C(=O)Cc1ccccc1. The van der Waals surface area contributed by atoms with Crippen LogP contribution < -0.4 is 4.74 Å². The van der Waals surface area contributed by atoms with E-state index in [1.807, 2.05) is 37.3 Å². The summed E-state index contributed by atoms with van der Waals surface area (Å²) in [7, 11) is 1.73. The summed E-state index contributed by atoms with van der Waals surface area (Å²) in [5.74, 6) is 4.80. The van der Waals surface area contributed by atoms with Crippen LogP contribution in [0, 0.1) is 23.6 Å². The van der Waals surface area contributed by atoms with Crippen LogP contribution in [-0.2, 0) is 11.2 Å². The second-order valence-corrected chi connectivity index (χ2v) is 9.87. The van der Waals surface area contributed by atoms with Crippen molar-refractivity contribution in [2.24, 2.45) is 5.92 Å². The predicted octanol–water partition coefficient (Wildman–Crippen LogP) is 3.54. The monoisotopic (exact) mass is 529 g/mol. The predicted molar refractivity (Wildman–Crippen MR) is 146 cm³/mol. The van der Waals surface area contributed by atoms with Crippen molar-refractivity contribution < 1.29 is 23.8 Å². The second-order valence-electron chi connectivity index (χ2n) is 9.87. The van der Waals surface area contributed by atoms with Crippen LogP contribution in [0.25, 0.3) is 0 Å². The Kier molecular flexibility index (Phi) is 8.95. The number of carbonyl (C=O) groups is 2. The zero-order valence-electron chi connectivity index (χ0n) is 22.3. The highest BCUT2D eigenvalue weighted by molar-refractivity contribution is 5.97. The fraction of sp³-hybridized carbons (Fsp3) is 0.323. The van der Waals surface area contributed by atoms with Gasteiger partial charge in [0.15, 0.2) is 0 Å². The minimum atomic E-state index is -0.460. The fourth-order valence-electron chi connectivity index (χ4n) is 4.37. The molecular weight excluding hydrogens is 497 g/mol. The highest BCUT2D eigenvalue weighted by Crippen LogP contribution is 2.27. The zero-order chi connectivity index (χ0) is 27.9. The van der Waals surface area contributed by atoms with Crippen molar-refractivity contribution >= 4 is 11.8 Å². The Bertz CT molecular complexity index is 1390. The molecule has 0 fully saturated rings. The van der Waals surface area contributed by atoms with E-state index in [1.54, 1.807) is 48.0 Å². The Morgan fingerprint density at radius 2 is 1.92 bits per heavy atom. The molecule has 0 bridgehead atoms. The number of benzene rings is 2. The third-order valence-corrected chi connectivity index (χ3v) is 6.81. The third-order valence-electron chi connectivity index (χ3n) is 6.81. The van der Waals surface area contributed by atoms with Gasteiger partial charge in [-0.05, 0) is 30.7 Å². The molecule has 8 heteroatoms. The van der Waals surface area contributed by atoms with Crippen molar-refractivity contribution in [2.75, 3.05) is 26.7 Å². The first kappa shape index (κ1) is 27.8. The number of pyridine rings is 1. The minimum Gasteiger partial charge on any atom is -0.472 e. The lowest BCUT2D eigenvalue weighted by Crippen LogP contribution is -2.50. The molecule has 39 heavy (non-hydrogen) atoms. The summed E-state index contributed by atoms with van der Waals surface area (Å²) in [6.07, 6.45) is 1.29. The number of nitrogens with zero attached hydrogens (tertiary/aromatic N) is 3. The average Bonchev–Trinajstić information content (AvgIpc) is 2.94. The number of fused-ring (bicyclic) bond motifs is 1. The van der Waals surface area contributed by atoms with Crippen LogP contribution >= 0.6 is 0 Å². The van der Waals surface area contributed by atoms with Gasteiger partial charge in [-0.1, -0.05) is 61.2 Å². The van der Waals surface area contributed by atoms with Gasteiger partial charge < -0.3 is 19.6 Å². The molecule has 2 heterocycles. The largest absolute Gasteiger partial charge is 0.472 e. The number of amides is 2. The van der Waals surface area contributed by atoms with Crippen LogP contribution in [0.3, 0.4) is 0 Å². The maximum absolute atomic E-state index is 14.0. The molecule has 1 aliphatic heterocycles. The van der Waals surface area contributed by atoms with Gasteiger partial charge in [0.2, 0.25) is 11.8 Å². The summed E-state index contributed by atoms with van der Waals surface area (Å²) in [6, 6.07) is 16.8. The van der Waals surface area contributed by atoms with E-state index in [-0.39, 0.29) is 47.8 Å². The first-order valence-corrected chi connectivity index (χ1v) is 12.9. The summed E-state index contributed by atoms with van der Waals surface area (Å²) in [5.41, 5.74) is 1.78. The first-order chi connectivity index (χ1) is 18.8. The van der Waals surface area contributed by atoms with Crippen LogP contribution in [0.4, 0.5) is 4.39 Å². The molecule has 0 saturated heterocycles. The molecule has 2 aromatic carbocycles. The van der Waals surface area contributed by atoms with E-state index >= 15 is 0 Å². The number of aliphatic hydroxyl groups is 1. The summed E-state index contributed by atoms with van der Waals surface area (Å²) < 4.78 is 20.3. The number of hydrogen-bond acceptors (Lipinski definition) is 5. The molecule has 0 spiro atoms. The van der Waals surface area contributed by atoms with Crippen molar-refractivity contribution in [3.63, 3.8) is 0 Å². The Morgan fingerprint density at radius 1 is 1.21 bits per heavy atom. The van der Waals surface area contributed by atoms with Crippen LogP contribution in [0.15, 0.2) is 66.9 Å². The number of ether oxygens (including phenoxy) is 1. The molecule has 2 amide bonds. The average molecular weight is 530 g/mol. The molecule has 1 aromatic heterocycles. The van der Waals surface area contributed by atoms with E-state index in [0.29, 0.717) is 18.7 Å². The van der Waals surface area contributed by atoms with Crippen LogP contribution in [0.2, 0.25) is 0 Å². The Morgan fingerprint density at radius 3 is 2.64 bits per heavy atom. The van der Waals surface area contributed by atoms with Gasteiger partial charge in [0.1, 0.15) is 17.5 Å². The lowest BCUT2D eigenvalue weighted by Gasteiger charge is -2.37. The molecule has 202 valence electrons. The molecule has 7 nitrogen and oxygen atoms in total. The number of likely N-dealkylation sites (N-methyl/N-ethyl adjacent to an activating group) is 1. The second kappa shape index (κ2) is 12.5.